The highest BCUT2D eigenvalue weighted by Crippen LogP contribution is 2.32. The average Bonchev–Trinajstić information content (AvgIpc) is 2.51. The second-order valence-electron chi connectivity index (χ2n) is 4.31. The van der Waals surface area contributed by atoms with Gasteiger partial charge >= 0.3 is 0 Å². The summed E-state index contributed by atoms with van der Waals surface area (Å²) < 4.78 is 11.1. The lowest BCUT2D eigenvalue weighted by Gasteiger charge is -2.14. The molecule has 0 saturated heterocycles. The van der Waals surface area contributed by atoms with Crippen LogP contribution in [0.4, 0.5) is 11.4 Å². The van der Waals surface area contributed by atoms with E-state index >= 15 is 0 Å². The van der Waals surface area contributed by atoms with Gasteiger partial charge in [-0.25, -0.2) is 0 Å². The maximum absolute atomic E-state index is 9.11. The van der Waals surface area contributed by atoms with Crippen molar-refractivity contribution < 1.29 is 9.47 Å². The Morgan fingerprint density at radius 2 is 1.71 bits per heavy atom. The number of nitrogens with one attached hydrogen (secondary N) is 1. The van der Waals surface area contributed by atoms with Gasteiger partial charge in [-0.1, -0.05) is 12.1 Å². The summed E-state index contributed by atoms with van der Waals surface area (Å²) in [5.41, 5.74) is 2.22. The third kappa shape index (κ3) is 3.67. The Kier molecular flexibility index (Phi) is 5.05. The average molecular weight is 282 g/mol. The standard InChI is InChI=1S/C17H18N2O2/c1-3-20-16-10-9-14(11-17(16)21-4-2)19-15-8-6-5-7-13(15)12-18/h5-11,19H,3-4H2,1-2H3. The van der Waals surface area contributed by atoms with Crippen molar-refractivity contribution in [3.63, 3.8) is 0 Å². The van der Waals surface area contributed by atoms with Gasteiger partial charge in [-0.15, -0.1) is 0 Å². The number of hydrogen-bond donors (Lipinski definition) is 1. The van der Waals surface area contributed by atoms with E-state index < -0.39 is 0 Å². The van der Waals surface area contributed by atoms with Gasteiger partial charge in [0, 0.05) is 11.8 Å². The lowest BCUT2D eigenvalue weighted by atomic mass is 10.2. The normalized spacial score (nSPS) is 9.76. The molecule has 0 radical (unpaired) electrons. The predicted molar refractivity (Wildman–Crippen MR) is 83.2 cm³/mol. The molecule has 0 aliphatic carbocycles. The molecule has 4 heteroatoms. The molecule has 0 spiro atoms. The number of anilines is 2. The van der Waals surface area contributed by atoms with Gasteiger partial charge in [0.1, 0.15) is 6.07 Å². The van der Waals surface area contributed by atoms with Crippen molar-refractivity contribution in [3.05, 3.63) is 48.0 Å². The smallest absolute Gasteiger partial charge is 0.163 e. The number of rotatable bonds is 6. The van der Waals surface area contributed by atoms with Gasteiger partial charge in [0.05, 0.1) is 24.5 Å². The predicted octanol–water partition coefficient (Wildman–Crippen LogP) is 4.10. The van der Waals surface area contributed by atoms with Crippen LogP contribution in [-0.2, 0) is 0 Å². The Morgan fingerprint density at radius 1 is 1.00 bits per heavy atom. The summed E-state index contributed by atoms with van der Waals surface area (Å²) in [6.45, 7) is 5.02. The monoisotopic (exact) mass is 282 g/mol. The fourth-order valence-electron chi connectivity index (χ4n) is 1.97. The van der Waals surface area contributed by atoms with Crippen molar-refractivity contribution in [3.8, 4) is 17.6 Å². The quantitative estimate of drug-likeness (QED) is 0.866. The lowest BCUT2D eigenvalue weighted by molar-refractivity contribution is 0.288. The van der Waals surface area contributed by atoms with E-state index in [0.717, 1.165) is 17.1 Å². The van der Waals surface area contributed by atoms with Crippen molar-refractivity contribution in [2.75, 3.05) is 18.5 Å². The zero-order valence-electron chi connectivity index (χ0n) is 12.2. The molecule has 0 aromatic heterocycles. The third-order valence-corrected chi connectivity index (χ3v) is 2.87. The van der Waals surface area contributed by atoms with E-state index in [0.29, 0.717) is 24.5 Å². The second kappa shape index (κ2) is 7.20. The Hall–Kier alpha value is -2.67. The number of nitrogens with zero attached hydrogens (tertiary/aromatic N) is 1. The van der Waals surface area contributed by atoms with E-state index in [1.54, 1.807) is 6.07 Å². The molecule has 2 aromatic carbocycles. The number of para-hydroxylation sites is 1. The summed E-state index contributed by atoms with van der Waals surface area (Å²) in [4.78, 5) is 0. The van der Waals surface area contributed by atoms with E-state index in [2.05, 4.69) is 11.4 Å². The first-order chi connectivity index (χ1) is 10.3. The lowest BCUT2D eigenvalue weighted by Crippen LogP contribution is -2.00. The largest absolute Gasteiger partial charge is 0.490 e. The molecule has 0 fully saturated rings. The Bertz CT molecular complexity index is 647. The molecule has 0 saturated carbocycles. The van der Waals surface area contributed by atoms with Crippen LogP contribution in [0.5, 0.6) is 11.5 Å². The second-order valence-corrected chi connectivity index (χ2v) is 4.31. The topological polar surface area (TPSA) is 54.3 Å². The van der Waals surface area contributed by atoms with Crippen molar-refractivity contribution in [1.82, 2.24) is 0 Å². The van der Waals surface area contributed by atoms with Crippen LogP contribution in [0.3, 0.4) is 0 Å². The third-order valence-electron chi connectivity index (χ3n) is 2.87. The molecule has 108 valence electrons. The number of nitriles is 1. The van der Waals surface area contributed by atoms with Crippen LogP contribution < -0.4 is 14.8 Å². The summed E-state index contributed by atoms with van der Waals surface area (Å²) in [7, 11) is 0. The van der Waals surface area contributed by atoms with Gasteiger partial charge in [0.2, 0.25) is 0 Å². The first kappa shape index (κ1) is 14.7. The SMILES string of the molecule is CCOc1ccc(Nc2ccccc2C#N)cc1OCC. The van der Waals surface area contributed by atoms with Crippen LogP contribution in [0, 0.1) is 11.3 Å². The first-order valence-corrected chi connectivity index (χ1v) is 6.94. The highest BCUT2D eigenvalue weighted by Gasteiger charge is 2.07. The van der Waals surface area contributed by atoms with Crippen molar-refractivity contribution in [2.24, 2.45) is 0 Å². The summed E-state index contributed by atoms with van der Waals surface area (Å²) >= 11 is 0. The molecular formula is C17H18N2O2. The zero-order valence-corrected chi connectivity index (χ0v) is 12.2. The van der Waals surface area contributed by atoms with E-state index in [4.69, 9.17) is 14.7 Å². The summed E-state index contributed by atoms with van der Waals surface area (Å²) in [5.74, 6) is 1.41. The van der Waals surface area contributed by atoms with Crippen LogP contribution in [0.1, 0.15) is 19.4 Å². The molecule has 0 unspecified atom stereocenters. The van der Waals surface area contributed by atoms with Gasteiger partial charge in [-0.2, -0.15) is 5.26 Å². The van der Waals surface area contributed by atoms with E-state index in [1.165, 1.54) is 0 Å². The maximum atomic E-state index is 9.11. The first-order valence-electron chi connectivity index (χ1n) is 6.94. The van der Waals surface area contributed by atoms with Gasteiger partial charge in [0.25, 0.3) is 0 Å². The van der Waals surface area contributed by atoms with Crippen LogP contribution in [0.15, 0.2) is 42.5 Å². The summed E-state index contributed by atoms with van der Waals surface area (Å²) in [5, 5.41) is 12.3. The Morgan fingerprint density at radius 3 is 2.43 bits per heavy atom. The van der Waals surface area contributed by atoms with Crippen molar-refractivity contribution >= 4 is 11.4 Å². The zero-order chi connectivity index (χ0) is 15.1. The Balaban J connectivity index is 2.28. The molecule has 0 atom stereocenters. The van der Waals surface area contributed by atoms with Crippen molar-refractivity contribution in [2.45, 2.75) is 13.8 Å². The van der Waals surface area contributed by atoms with Gasteiger partial charge in [-0.3, -0.25) is 0 Å². The maximum Gasteiger partial charge on any atom is 0.163 e. The van der Waals surface area contributed by atoms with Crippen LogP contribution >= 0.6 is 0 Å². The molecule has 0 aliphatic heterocycles. The minimum Gasteiger partial charge on any atom is -0.490 e. The molecule has 0 aliphatic rings. The van der Waals surface area contributed by atoms with E-state index in [1.807, 2.05) is 50.2 Å². The van der Waals surface area contributed by atoms with Gasteiger partial charge in [0.15, 0.2) is 11.5 Å². The molecule has 4 nitrogen and oxygen atoms in total. The molecule has 0 heterocycles. The minimum atomic E-state index is 0.568. The molecule has 21 heavy (non-hydrogen) atoms. The van der Waals surface area contributed by atoms with Crippen molar-refractivity contribution in [1.29, 1.82) is 5.26 Å². The summed E-state index contributed by atoms with van der Waals surface area (Å²) in [6, 6.07) is 15.2. The van der Waals surface area contributed by atoms with Gasteiger partial charge < -0.3 is 14.8 Å². The van der Waals surface area contributed by atoms with Gasteiger partial charge in [-0.05, 0) is 38.1 Å². The molecule has 2 rings (SSSR count). The molecule has 1 N–H and O–H groups in total. The number of ether oxygens (including phenoxy) is 2. The molecule has 0 bridgehead atoms. The fraction of sp³-hybridized carbons (Fsp3) is 0.235. The molecule has 0 amide bonds. The fourth-order valence-corrected chi connectivity index (χ4v) is 1.97. The number of benzene rings is 2. The highest BCUT2D eigenvalue weighted by molar-refractivity contribution is 5.68. The Labute approximate surface area is 124 Å². The minimum absolute atomic E-state index is 0.568. The van der Waals surface area contributed by atoms with Crippen LogP contribution in [-0.4, -0.2) is 13.2 Å². The number of hydrogen-bond acceptors (Lipinski definition) is 4. The summed E-state index contributed by atoms with van der Waals surface area (Å²) in [6.07, 6.45) is 0. The van der Waals surface area contributed by atoms with Crippen LogP contribution in [0.2, 0.25) is 0 Å². The van der Waals surface area contributed by atoms with Crippen LogP contribution in [0.25, 0.3) is 0 Å². The van der Waals surface area contributed by atoms with E-state index in [9.17, 15) is 0 Å². The molecular weight excluding hydrogens is 264 g/mol. The van der Waals surface area contributed by atoms with E-state index in [-0.39, 0.29) is 0 Å². The highest BCUT2D eigenvalue weighted by atomic mass is 16.5. The molecule has 2 aromatic rings.